The van der Waals surface area contributed by atoms with Crippen LogP contribution in [0.25, 0.3) is 0 Å². The van der Waals surface area contributed by atoms with Crippen molar-refractivity contribution >= 4 is 47.3 Å². The smallest absolute Gasteiger partial charge is 0.340 e. The quantitative estimate of drug-likeness (QED) is 0.0371. The Labute approximate surface area is 525 Å². The molecule has 2 bridgehead atoms. The Bertz CT molecular complexity index is 3600. The maximum absolute atomic E-state index is 14.7. The molecule has 1 spiro atoms. The van der Waals surface area contributed by atoms with Crippen molar-refractivity contribution < 1.29 is 76.7 Å². The summed E-state index contributed by atoms with van der Waals surface area (Å²) in [6.07, 6.45) is 5.81. The molecule has 0 radical (unpaired) electrons. The maximum atomic E-state index is 14.7. The number of nitrogens with zero attached hydrogens (tertiary/aromatic N) is 1. The summed E-state index contributed by atoms with van der Waals surface area (Å²) in [5.74, 6) is -3.10. The molecule has 0 unspecified atom stereocenters. The largest absolute Gasteiger partial charge is 0.508 e. The predicted octanol–water partition coefficient (Wildman–Crippen LogP) is 4.93. The van der Waals surface area contributed by atoms with Gasteiger partial charge in [0.15, 0.2) is 5.60 Å². The lowest BCUT2D eigenvalue weighted by atomic mass is 9.74. The van der Waals surface area contributed by atoms with E-state index in [1.165, 1.54) is 41.5 Å². The van der Waals surface area contributed by atoms with Crippen LogP contribution in [-0.4, -0.2) is 147 Å². The molecule has 23 nitrogen and oxygen atoms in total. The number of esters is 1. The predicted molar refractivity (Wildman–Crippen MR) is 328 cm³/mol. The van der Waals surface area contributed by atoms with Gasteiger partial charge in [-0.05, 0) is 104 Å². The first kappa shape index (κ1) is 64.2. The molecule has 8 N–H and O–H groups in total. The van der Waals surface area contributed by atoms with Crippen molar-refractivity contribution in [1.29, 1.82) is 0 Å². The van der Waals surface area contributed by atoms with E-state index in [1.807, 2.05) is 30.3 Å². The molecule has 0 saturated carbocycles. The van der Waals surface area contributed by atoms with E-state index in [0.717, 1.165) is 17.7 Å². The van der Waals surface area contributed by atoms with Gasteiger partial charge in [0.2, 0.25) is 35.4 Å². The van der Waals surface area contributed by atoms with E-state index in [0.29, 0.717) is 98.8 Å². The van der Waals surface area contributed by atoms with Gasteiger partial charge in [-0.15, -0.1) is 0 Å². The van der Waals surface area contributed by atoms with Gasteiger partial charge in [0, 0.05) is 105 Å². The van der Waals surface area contributed by atoms with Gasteiger partial charge in [0.25, 0.3) is 5.91 Å². The number of nitrogens with one attached hydrogen (secondary N) is 6. The highest BCUT2D eigenvalue weighted by Gasteiger charge is 2.54. The molecule has 23 heteroatoms. The molecule has 476 valence electrons. The van der Waals surface area contributed by atoms with Crippen LogP contribution in [0.1, 0.15) is 92.0 Å². The van der Waals surface area contributed by atoms with Gasteiger partial charge in [-0.3, -0.25) is 33.6 Å². The van der Waals surface area contributed by atoms with Gasteiger partial charge >= 0.3 is 5.97 Å². The average molecular weight is 1240 g/mol. The molecule has 10 rings (SSSR count). The number of carbonyl (C=O) groups is 8. The highest BCUT2D eigenvalue weighted by Crippen LogP contribution is 2.57. The van der Waals surface area contributed by atoms with Crippen LogP contribution in [0, 0.1) is 5.41 Å². The minimum atomic E-state index is -1.44. The highest BCUT2D eigenvalue weighted by atomic mass is 16.6. The molecule has 1 fully saturated rings. The topological polar surface area (TPSA) is 312 Å². The van der Waals surface area contributed by atoms with E-state index in [4.69, 9.17) is 28.1 Å². The third-order valence-corrected chi connectivity index (χ3v) is 16.3. The standard InChI is InChI=1S/C68H73N7O16/c76-48-16-19-53-57(38-48)90-58-39-49(77)17-20-54(58)68(53)52-18-15-46(36-51(52)65(84)91-68)62(81)70-25-8-29-86-32-34-88-35-33-87-30-9-26-71-63(82)55-23-27-69-59(78)21-22-61(80)75-28-7-24-67(43-75,41-44-10-2-1-3-11-44)66(85)74-56(40-50-14-6-31-89-50)64(83)72-42-47-13-5-4-12-45(47)37-60(79)73-55/h1-6,10-22,31,36,38-39,55-56,76-77H,7-9,23-30,32-35,37,40-43H2,(H,69,78)(H,70,81)(H,71,82)(H,72,83)(H,73,79)(H,74,85)/b22-21+/t55-,56-,67-/m0/s1. The van der Waals surface area contributed by atoms with Crippen molar-refractivity contribution in [3.8, 4) is 23.0 Å². The van der Waals surface area contributed by atoms with Crippen molar-refractivity contribution in [2.75, 3.05) is 72.4 Å². The molecule has 7 amide bonds. The number of benzene rings is 5. The summed E-state index contributed by atoms with van der Waals surface area (Å²) in [6.45, 7) is 2.70. The van der Waals surface area contributed by atoms with Crippen molar-refractivity contribution in [2.45, 2.75) is 75.6 Å². The van der Waals surface area contributed by atoms with Gasteiger partial charge in [-0.1, -0.05) is 60.7 Å². The summed E-state index contributed by atoms with van der Waals surface area (Å²) >= 11 is 0. The molecule has 0 aliphatic carbocycles. The fourth-order valence-electron chi connectivity index (χ4n) is 11.8. The van der Waals surface area contributed by atoms with E-state index < -0.39 is 70.4 Å². The van der Waals surface area contributed by atoms with Crippen LogP contribution in [0.3, 0.4) is 0 Å². The normalized spacial score (nSPS) is 19.5. The van der Waals surface area contributed by atoms with Gasteiger partial charge < -0.3 is 75.1 Å². The number of rotatable bonds is 20. The molecule has 4 aliphatic rings. The number of carbonyl (C=O) groups excluding carboxylic acids is 8. The summed E-state index contributed by atoms with van der Waals surface area (Å²) in [4.78, 5) is 111. The zero-order chi connectivity index (χ0) is 63.7. The Morgan fingerprint density at radius 3 is 2.07 bits per heavy atom. The zero-order valence-corrected chi connectivity index (χ0v) is 50.1. The Morgan fingerprint density at radius 2 is 1.36 bits per heavy atom. The minimum Gasteiger partial charge on any atom is -0.508 e. The zero-order valence-electron chi connectivity index (χ0n) is 50.1. The summed E-state index contributed by atoms with van der Waals surface area (Å²) < 4.78 is 34.8. The lowest BCUT2D eigenvalue weighted by Crippen LogP contribution is -2.58. The number of ether oxygens (including phenoxy) is 5. The Morgan fingerprint density at radius 1 is 0.692 bits per heavy atom. The van der Waals surface area contributed by atoms with E-state index >= 15 is 0 Å². The van der Waals surface area contributed by atoms with Gasteiger partial charge in [-0.25, -0.2) is 4.79 Å². The van der Waals surface area contributed by atoms with Crippen molar-refractivity contribution in [2.24, 2.45) is 5.41 Å². The second kappa shape index (κ2) is 30.1. The maximum Gasteiger partial charge on any atom is 0.340 e. The molecular weight excluding hydrogens is 1170 g/mol. The fraction of sp³-hybridized carbons (Fsp3) is 0.353. The van der Waals surface area contributed by atoms with Crippen LogP contribution in [0.4, 0.5) is 0 Å². The molecular formula is C68H73N7O16. The first-order valence-electron chi connectivity index (χ1n) is 30.5. The Kier molecular flexibility index (Phi) is 21.2. The first-order valence-corrected chi connectivity index (χ1v) is 30.5. The van der Waals surface area contributed by atoms with Crippen LogP contribution in [0.5, 0.6) is 23.0 Å². The van der Waals surface area contributed by atoms with Crippen LogP contribution < -0.4 is 36.6 Å². The number of furan rings is 1. The second-order valence-electron chi connectivity index (χ2n) is 22.7. The molecule has 3 atom stereocenters. The summed E-state index contributed by atoms with van der Waals surface area (Å²) in [7, 11) is 0. The van der Waals surface area contributed by atoms with Crippen LogP contribution >= 0.6 is 0 Å². The number of amides is 7. The second-order valence-corrected chi connectivity index (χ2v) is 22.7. The van der Waals surface area contributed by atoms with E-state index in [9.17, 15) is 48.6 Å². The van der Waals surface area contributed by atoms with Crippen LogP contribution in [-0.2, 0) is 79.1 Å². The molecule has 6 aromatic rings. The van der Waals surface area contributed by atoms with E-state index in [2.05, 4.69) is 31.9 Å². The summed E-state index contributed by atoms with van der Waals surface area (Å²) in [5.41, 5.74) is 1.43. The van der Waals surface area contributed by atoms with Gasteiger partial charge in [0.1, 0.15) is 40.8 Å². The third-order valence-electron chi connectivity index (χ3n) is 16.3. The fourth-order valence-corrected chi connectivity index (χ4v) is 11.8. The lowest BCUT2D eigenvalue weighted by Gasteiger charge is -2.42. The number of hydrogen-bond acceptors (Lipinski definition) is 16. The Balaban J connectivity index is 0.654. The molecule has 1 saturated heterocycles. The molecule has 1 aromatic heterocycles. The van der Waals surface area contributed by atoms with E-state index in [-0.39, 0.29) is 99.2 Å². The highest BCUT2D eigenvalue weighted by molar-refractivity contribution is 6.02. The number of fused-ring (bicyclic) bond motifs is 9. The first-order chi connectivity index (χ1) is 44.2. The van der Waals surface area contributed by atoms with Crippen LogP contribution in [0.2, 0.25) is 0 Å². The lowest BCUT2D eigenvalue weighted by molar-refractivity contribution is -0.141. The monoisotopic (exact) mass is 1240 g/mol. The SMILES string of the molecule is O=C1/C=C/C(=O)N2CCC[C@](Cc3ccccc3)(C2)C(=O)N[C@@H](Cc2ccco2)C(=O)NCc2ccccc2CC(=O)N[C@H](C(=O)NCCCOCCOCCOCCCNC(=O)c2ccc3c(c2)C(=O)OC32c3ccc(O)cc3Oc3cc(O)ccc32)CCN1. The number of hydrogen-bond donors (Lipinski definition) is 8. The molecule has 4 aliphatic heterocycles. The number of phenols is 2. The number of aromatic hydroxyl groups is 2. The van der Waals surface area contributed by atoms with Gasteiger partial charge in [0.05, 0.1) is 50.1 Å². The number of piperidine rings is 1. The van der Waals surface area contributed by atoms with E-state index in [1.54, 1.807) is 60.7 Å². The van der Waals surface area contributed by atoms with Crippen LogP contribution in [0.15, 0.2) is 144 Å². The average Bonchev–Trinajstić information content (AvgIpc) is 1.53. The third kappa shape index (κ3) is 16.0. The van der Waals surface area contributed by atoms with Crippen molar-refractivity contribution in [3.05, 3.63) is 190 Å². The molecule has 91 heavy (non-hydrogen) atoms. The summed E-state index contributed by atoms with van der Waals surface area (Å²) in [5, 5.41) is 37.6. The number of phenolic OH excluding ortho intramolecular Hbond substituents is 2. The molecule has 5 heterocycles. The van der Waals surface area contributed by atoms with Gasteiger partial charge in [-0.2, -0.15) is 0 Å². The molecule has 5 aromatic carbocycles. The van der Waals surface area contributed by atoms with Crippen molar-refractivity contribution in [3.63, 3.8) is 0 Å². The minimum absolute atomic E-state index is 0.0143. The Hall–Kier alpha value is -9.84. The van der Waals surface area contributed by atoms with Crippen molar-refractivity contribution in [1.82, 2.24) is 36.8 Å². The summed E-state index contributed by atoms with van der Waals surface area (Å²) in [6, 6.07) is 31.5.